The van der Waals surface area contributed by atoms with E-state index in [1.165, 1.54) is 0 Å². The minimum atomic E-state index is -0.0215. The lowest BCUT2D eigenvalue weighted by atomic mass is 10.2. The second-order valence-electron chi connectivity index (χ2n) is 2.27. The predicted molar refractivity (Wildman–Crippen MR) is 39.2 cm³/mol. The Labute approximate surface area is 61.8 Å². The van der Waals surface area contributed by atoms with E-state index in [0.29, 0.717) is 6.61 Å². The van der Waals surface area contributed by atoms with Crippen LogP contribution in [0.4, 0.5) is 0 Å². The Balaban J connectivity index is 2.10. The van der Waals surface area contributed by atoms with E-state index in [1.54, 1.807) is 6.26 Å². The molecule has 0 aromatic carbocycles. The van der Waals surface area contributed by atoms with Crippen molar-refractivity contribution in [3.8, 4) is 0 Å². The summed E-state index contributed by atoms with van der Waals surface area (Å²) in [7, 11) is 0. The Morgan fingerprint density at radius 2 is 2.50 bits per heavy atom. The van der Waals surface area contributed by atoms with Gasteiger partial charge in [0.2, 0.25) is 0 Å². The summed E-state index contributed by atoms with van der Waals surface area (Å²) < 4.78 is 10.4. The molecule has 1 atom stereocenters. The number of hydrogen-bond acceptors (Lipinski definition) is 2. The van der Waals surface area contributed by atoms with E-state index in [1.807, 2.05) is 6.08 Å². The molecule has 0 aliphatic carbocycles. The number of rotatable bonds is 3. The first kappa shape index (κ1) is 7.61. The van der Waals surface area contributed by atoms with Gasteiger partial charge in [0.05, 0.1) is 12.9 Å². The van der Waals surface area contributed by atoms with Crippen molar-refractivity contribution in [2.24, 2.45) is 0 Å². The summed E-state index contributed by atoms with van der Waals surface area (Å²) in [5, 5.41) is 0. The largest absolute Gasteiger partial charge is 0.473 e. The molecule has 1 heterocycles. The second-order valence-corrected chi connectivity index (χ2v) is 2.27. The molecule has 1 unspecified atom stereocenters. The molecule has 0 N–H and O–H groups in total. The van der Waals surface area contributed by atoms with E-state index in [9.17, 15) is 0 Å². The molecule has 57 valence electrons. The van der Waals surface area contributed by atoms with Gasteiger partial charge in [-0.1, -0.05) is 13.3 Å². The molecule has 2 heteroatoms. The third-order valence-electron chi connectivity index (χ3n) is 1.39. The van der Waals surface area contributed by atoms with E-state index in [2.05, 4.69) is 6.92 Å². The van der Waals surface area contributed by atoms with Gasteiger partial charge in [-0.3, -0.25) is 0 Å². The summed E-state index contributed by atoms with van der Waals surface area (Å²) in [5.74, 6) is 0. The monoisotopic (exact) mass is 141 g/mol. The van der Waals surface area contributed by atoms with Crippen LogP contribution in [0.25, 0.3) is 0 Å². The molecule has 0 aromatic rings. The van der Waals surface area contributed by atoms with Crippen molar-refractivity contribution in [2.75, 3.05) is 6.61 Å². The van der Waals surface area contributed by atoms with Crippen LogP contribution < -0.4 is 0 Å². The Morgan fingerprint density at radius 3 is 3.10 bits per heavy atom. The first-order valence-electron chi connectivity index (χ1n) is 3.65. The molecule has 1 aliphatic heterocycles. The van der Waals surface area contributed by atoms with E-state index in [4.69, 9.17) is 9.47 Å². The molecule has 0 bridgehead atoms. The number of unbranched alkanes of at least 4 members (excludes halogenated alkanes) is 1. The van der Waals surface area contributed by atoms with Crippen molar-refractivity contribution in [1.29, 1.82) is 0 Å². The van der Waals surface area contributed by atoms with Crippen LogP contribution in [0.1, 0.15) is 19.3 Å². The predicted octanol–water partition coefficient (Wildman–Crippen LogP) is 1.88. The fourth-order valence-electron chi connectivity index (χ4n) is 0.847. The van der Waals surface area contributed by atoms with Gasteiger partial charge < -0.3 is 9.47 Å². The van der Waals surface area contributed by atoms with E-state index in [-0.39, 0.29) is 6.29 Å². The molecule has 2 nitrogen and oxygen atoms in total. The minimum Gasteiger partial charge on any atom is -0.473 e. The fourth-order valence-corrected chi connectivity index (χ4v) is 0.847. The zero-order valence-electron chi connectivity index (χ0n) is 6.08. The average molecular weight is 141 g/mol. The maximum atomic E-state index is 5.24. The molecule has 0 saturated carbocycles. The highest BCUT2D eigenvalue weighted by molar-refractivity contribution is 4.77. The van der Waals surface area contributed by atoms with E-state index < -0.39 is 0 Å². The summed E-state index contributed by atoms with van der Waals surface area (Å²) in [5.41, 5.74) is 0. The van der Waals surface area contributed by atoms with Gasteiger partial charge in [-0.25, -0.2) is 0 Å². The van der Waals surface area contributed by atoms with Crippen molar-refractivity contribution in [3.05, 3.63) is 19.3 Å². The summed E-state index contributed by atoms with van der Waals surface area (Å²) in [6.45, 7) is 4.42. The summed E-state index contributed by atoms with van der Waals surface area (Å²) in [4.78, 5) is 0. The van der Waals surface area contributed by atoms with Gasteiger partial charge in [-0.15, -0.1) is 0 Å². The molecule has 1 radical (unpaired) electrons. The highest BCUT2D eigenvalue weighted by Gasteiger charge is 2.08. The third-order valence-corrected chi connectivity index (χ3v) is 1.39. The first-order chi connectivity index (χ1) is 4.93. The fraction of sp³-hybridized carbons (Fsp3) is 0.625. The summed E-state index contributed by atoms with van der Waals surface area (Å²) in [6, 6.07) is 0. The topological polar surface area (TPSA) is 18.5 Å². The number of hydrogen-bond donors (Lipinski definition) is 0. The quantitative estimate of drug-likeness (QED) is 0.597. The Hall–Kier alpha value is -0.500. The lowest BCUT2D eigenvalue weighted by Crippen LogP contribution is -2.17. The summed E-state index contributed by atoms with van der Waals surface area (Å²) in [6.07, 6.45) is 6.52. The summed E-state index contributed by atoms with van der Waals surface area (Å²) >= 11 is 0. The van der Waals surface area contributed by atoms with Gasteiger partial charge in [0, 0.05) is 6.42 Å². The van der Waals surface area contributed by atoms with Crippen LogP contribution in [0.2, 0.25) is 0 Å². The van der Waals surface area contributed by atoms with Gasteiger partial charge in [-0.2, -0.15) is 0 Å². The molecule has 0 fully saturated rings. The first-order valence-corrected chi connectivity index (χ1v) is 3.65. The molecule has 0 saturated heterocycles. The minimum absolute atomic E-state index is 0.0215. The standard InChI is InChI=1S/C8H13O2/c1-2-3-5-8-9-6-4-7-10-8/h4,6,8H,1-3,5,7H2. The van der Waals surface area contributed by atoms with Gasteiger partial charge in [0.1, 0.15) is 0 Å². The maximum absolute atomic E-state index is 5.24. The third kappa shape index (κ3) is 2.40. The van der Waals surface area contributed by atoms with Crippen molar-refractivity contribution >= 4 is 0 Å². The SMILES string of the molecule is [CH2]CCCC1OC=CCO1. The van der Waals surface area contributed by atoms with Crippen molar-refractivity contribution in [3.63, 3.8) is 0 Å². The van der Waals surface area contributed by atoms with Crippen molar-refractivity contribution < 1.29 is 9.47 Å². The maximum Gasteiger partial charge on any atom is 0.199 e. The Kier molecular flexibility index (Phi) is 3.30. The van der Waals surface area contributed by atoms with Gasteiger partial charge in [0.15, 0.2) is 6.29 Å². The van der Waals surface area contributed by atoms with E-state index >= 15 is 0 Å². The molecular weight excluding hydrogens is 128 g/mol. The molecule has 10 heavy (non-hydrogen) atoms. The Bertz CT molecular complexity index is 110. The zero-order valence-corrected chi connectivity index (χ0v) is 6.08. The average Bonchev–Trinajstić information content (AvgIpc) is 2.03. The second kappa shape index (κ2) is 4.34. The van der Waals surface area contributed by atoms with Crippen LogP contribution in [0.5, 0.6) is 0 Å². The molecular formula is C8H13O2. The van der Waals surface area contributed by atoms with Crippen molar-refractivity contribution in [1.82, 2.24) is 0 Å². The van der Waals surface area contributed by atoms with Gasteiger partial charge >= 0.3 is 0 Å². The van der Waals surface area contributed by atoms with Gasteiger partial charge in [-0.05, 0) is 12.5 Å². The van der Waals surface area contributed by atoms with Gasteiger partial charge in [0.25, 0.3) is 0 Å². The molecule has 0 spiro atoms. The highest BCUT2D eigenvalue weighted by atomic mass is 16.7. The van der Waals surface area contributed by atoms with Crippen LogP contribution in [0.15, 0.2) is 12.3 Å². The zero-order chi connectivity index (χ0) is 7.23. The van der Waals surface area contributed by atoms with Crippen LogP contribution in [-0.4, -0.2) is 12.9 Å². The van der Waals surface area contributed by atoms with Crippen LogP contribution >= 0.6 is 0 Å². The number of ether oxygens (including phenoxy) is 2. The molecule has 0 aromatic heterocycles. The van der Waals surface area contributed by atoms with Crippen molar-refractivity contribution in [2.45, 2.75) is 25.6 Å². The normalized spacial score (nSPS) is 24.3. The Morgan fingerprint density at radius 1 is 1.60 bits per heavy atom. The van der Waals surface area contributed by atoms with Crippen LogP contribution in [0, 0.1) is 6.92 Å². The molecule has 0 amide bonds. The molecule has 1 aliphatic rings. The van der Waals surface area contributed by atoms with Crippen LogP contribution in [-0.2, 0) is 9.47 Å². The lowest BCUT2D eigenvalue weighted by Gasteiger charge is -2.19. The van der Waals surface area contributed by atoms with Crippen LogP contribution in [0.3, 0.4) is 0 Å². The molecule has 1 rings (SSSR count). The smallest absolute Gasteiger partial charge is 0.199 e. The van der Waals surface area contributed by atoms with E-state index in [0.717, 1.165) is 19.3 Å². The highest BCUT2D eigenvalue weighted by Crippen LogP contribution is 2.09. The lowest BCUT2D eigenvalue weighted by molar-refractivity contribution is -0.115.